The van der Waals surface area contributed by atoms with E-state index in [1.165, 1.54) is 25.9 Å². The molecule has 4 nitrogen and oxygen atoms in total. The molecule has 4 heteroatoms. The molecule has 2 aliphatic rings. The first-order valence-corrected chi connectivity index (χ1v) is 5.94. The highest BCUT2D eigenvalue weighted by atomic mass is 16.2. The fourth-order valence-electron chi connectivity index (χ4n) is 2.46. The summed E-state index contributed by atoms with van der Waals surface area (Å²) in [4.78, 5) is 16.2. The van der Waals surface area contributed by atoms with Crippen LogP contribution in [0.1, 0.15) is 26.7 Å². The van der Waals surface area contributed by atoms with Crippen LogP contribution in [0.15, 0.2) is 0 Å². The van der Waals surface area contributed by atoms with E-state index in [2.05, 4.69) is 17.1 Å². The Morgan fingerprint density at radius 1 is 1.47 bits per heavy atom. The second kappa shape index (κ2) is 4.49. The lowest BCUT2D eigenvalue weighted by molar-refractivity contribution is -0.130. The minimum absolute atomic E-state index is 0.00558. The van der Waals surface area contributed by atoms with Gasteiger partial charge in [-0.05, 0) is 39.8 Å². The van der Waals surface area contributed by atoms with E-state index in [1.807, 2.05) is 11.8 Å². The highest BCUT2D eigenvalue weighted by Gasteiger charge is 2.31. The van der Waals surface area contributed by atoms with Crippen LogP contribution in [0.4, 0.5) is 0 Å². The number of carbonyl (C=O) groups excluding carboxylic acids is 1. The second-order valence-electron chi connectivity index (χ2n) is 4.75. The van der Waals surface area contributed by atoms with Crippen LogP contribution in [0.2, 0.25) is 0 Å². The molecule has 2 atom stereocenters. The third-order valence-corrected chi connectivity index (χ3v) is 3.47. The summed E-state index contributed by atoms with van der Waals surface area (Å²) in [6, 6.07) is 0.346. The average Bonchev–Trinajstić information content (AvgIpc) is 2.79. The summed E-state index contributed by atoms with van der Waals surface area (Å²) in [6.07, 6.45) is 2.63. The number of rotatable bonds is 3. The molecule has 2 aliphatic heterocycles. The SMILES string of the molecule is CC1NCN(C(C)CN2CCCC2)C1=O. The van der Waals surface area contributed by atoms with Crippen molar-refractivity contribution in [1.29, 1.82) is 0 Å². The molecule has 0 spiro atoms. The minimum atomic E-state index is 0.00558. The smallest absolute Gasteiger partial charge is 0.240 e. The molecule has 86 valence electrons. The first kappa shape index (κ1) is 10.9. The maximum Gasteiger partial charge on any atom is 0.240 e. The van der Waals surface area contributed by atoms with E-state index in [4.69, 9.17) is 0 Å². The number of nitrogens with one attached hydrogen (secondary N) is 1. The summed E-state index contributed by atoms with van der Waals surface area (Å²) >= 11 is 0. The fraction of sp³-hybridized carbons (Fsp3) is 0.909. The van der Waals surface area contributed by atoms with Crippen molar-refractivity contribution in [3.8, 4) is 0 Å². The zero-order valence-corrected chi connectivity index (χ0v) is 9.70. The molecule has 0 aromatic carbocycles. The van der Waals surface area contributed by atoms with Gasteiger partial charge in [0.1, 0.15) is 0 Å². The van der Waals surface area contributed by atoms with Crippen LogP contribution in [0.25, 0.3) is 0 Å². The van der Waals surface area contributed by atoms with Gasteiger partial charge in [-0.2, -0.15) is 0 Å². The monoisotopic (exact) mass is 211 g/mol. The van der Waals surface area contributed by atoms with E-state index in [9.17, 15) is 4.79 Å². The molecular formula is C11H21N3O. The summed E-state index contributed by atoms with van der Waals surface area (Å²) in [6.45, 7) is 8.24. The number of amides is 1. The number of likely N-dealkylation sites (tertiary alicyclic amines) is 1. The van der Waals surface area contributed by atoms with Crippen molar-refractivity contribution in [3.05, 3.63) is 0 Å². The van der Waals surface area contributed by atoms with Crippen LogP contribution in [-0.2, 0) is 4.79 Å². The Morgan fingerprint density at radius 3 is 2.67 bits per heavy atom. The number of hydrogen-bond acceptors (Lipinski definition) is 3. The zero-order valence-electron chi connectivity index (χ0n) is 9.70. The summed E-state index contributed by atoms with van der Waals surface area (Å²) in [7, 11) is 0. The van der Waals surface area contributed by atoms with Crippen molar-refractivity contribution in [2.45, 2.75) is 38.8 Å². The Hall–Kier alpha value is -0.610. The Labute approximate surface area is 91.6 Å². The van der Waals surface area contributed by atoms with Crippen LogP contribution in [0.5, 0.6) is 0 Å². The average molecular weight is 211 g/mol. The summed E-state index contributed by atoms with van der Waals surface area (Å²) in [5.74, 6) is 0.252. The fourth-order valence-corrected chi connectivity index (χ4v) is 2.46. The van der Waals surface area contributed by atoms with Gasteiger partial charge in [-0.25, -0.2) is 0 Å². The molecule has 0 saturated carbocycles. The van der Waals surface area contributed by atoms with Crippen molar-refractivity contribution in [1.82, 2.24) is 15.1 Å². The third kappa shape index (κ3) is 2.32. The highest BCUT2D eigenvalue weighted by Crippen LogP contribution is 2.13. The topological polar surface area (TPSA) is 35.6 Å². The van der Waals surface area contributed by atoms with Crippen molar-refractivity contribution in [3.63, 3.8) is 0 Å². The Morgan fingerprint density at radius 2 is 2.13 bits per heavy atom. The van der Waals surface area contributed by atoms with Gasteiger partial charge in [0.05, 0.1) is 12.7 Å². The highest BCUT2D eigenvalue weighted by molar-refractivity contribution is 5.83. The molecule has 1 N–H and O–H groups in total. The molecule has 0 aromatic heterocycles. The molecule has 0 aliphatic carbocycles. The van der Waals surface area contributed by atoms with E-state index >= 15 is 0 Å². The summed E-state index contributed by atoms with van der Waals surface area (Å²) in [5.41, 5.74) is 0. The summed E-state index contributed by atoms with van der Waals surface area (Å²) in [5, 5.41) is 3.18. The van der Waals surface area contributed by atoms with Gasteiger partial charge in [0.25, 0.3) is 0 Å². The summed E-state index contributed by atoms with van der Waals surface area (Å²) < 4.78 is 0. The predicted molar refractivity (Wildman–Crippen MR) is 59.4 cm³/mol. The quantitative estimate of drug-likeness (QED) is 0.727. The van der Waals surface area contributed by atoms with Crippen molar-refractivity contribution < 1.29 is 4.79 Å². The van der Waals surface area contributed by atoms with E-state index < -0.39 is 0 Å². The molecular weight excluding hydrogens is 190 g/mol. The van der Waals surface area contributed by atoms with Gasteiger partial charge >= 0.3 is 0 Å². The van der Waals surface area contributed by atoms with Crippen LogP contribution in [0.3, 0.4) is 0 Å². The molecule has 1 amide bonds. The molecule has 2 rings (SSSR count). The van der Waals surface area contributed by atoms with Crippen LogP contribution >= 0.6 is 0 Å². The van der Waals surface area contributed by atoms with E-state index in [-0.39, 0.29) is 11.9 Å². The number of hydrogen-bond donors (Lipinski definition) is 1. The van der Waals surface area contributed by atoms with Gasteiger partial charge in [0.2, 0.25) is 5.91 Å². The lowest BCUT2D eigenvalue weighted by Gasteiger charge is -2.27. The molecule has 0 aromatic rings. The van der Waals surface area contributed by atoms with Gasteiger partial charge in [-0.3, -0.25) is 10.1 Å². The van der Waals surface area contributed by atoms with Gasteiger partial charge in [0.15, 0.2) is 0 Å². The molecule has 0 radical (unpaired) electrons. The van der Waals surface area contributed by atoms with E-state index in [0.717, 1.165) is 13.2 Å². The molecule has 2 saturated heterocycles. The standard InChI is InChI=1S/C11H21N3O/c1-9(7-13-5-3-4-6-13)14-8-12-10(2)11(14)15/h9-10,12H,3-8H2,1-2H3. The normalized spacial score (nSPS) is 30.1. The van der Waals surface area contributed by atoms with E-state index in [1.54, 1.807) is 0 Å². The molecule has 2 heterocycles. The Balaban J connectivity index is 1.84. The lowest BCUT2D eigenvalue weighted by Crippen LogP contribution is -2.43. The van der Waals surface area contributed by atoms with Crippen LogP contribution in [-0.4, -0.2) is 54.1 Å². The Bertz CT molecular complexity index is 238. The Kier molecular flexibility index (Phi) is 3.26. The zero-order chi connectivity index (χ0) is 10.8. The van der Waals surface area contributed by atoms with Crippen molar-refractivity contribution in [2.75, 3.05) is 26.3 Å². The number of nitrogens with zero attached hydrogens (tertiary/aromatic N) is 2. The van der Waals surface area contributed by atoms with Crippen LogP contribution in [0, 0.1) is 0 Å². The van der Waals surface area contributed by atoms with Gasteiger partial charge < -0.3 is 9.80 Å². The minimum Gasteiger partial charge on any atom is -0.325 e. The lowest BCUT2D eigenvalue weighted by atomic mass is 10.2. The van der Waals surface area contributed by atoms with Crippen molar-refractivity contribution in [2.24, 2.45) is 0 Å². The number of carbonyl (C=O) groups is 1. The first-order valence-electron chi connectivity index (χ1n) is 5.94. The van der Waals surface area contributed by atoms with Gasteiger partial charge in [-0.15, -0.1) is 0 Å². The molecule has 2 fully saturated rings. The first-order chi connectivity index (χ1) is 7.18. The molecule has 15 heavy (non-hydrogen) atoms. The molecule has 2 unspecified atom stereocenters. The second-order valence-corrected chi connectivity index (χ2v) is 4.75. The van der Waals surface area contributed by atoms with Gasteiger partial charge in [0, 0.05) is 12.6 Å². The van der Waals surface area contributed by atoms with Gasteiger partial charge in [-0.1, -0.05) is 0 Å². The molecule has 0 bridgehead atoms. The van der Waals surface area contributed by atoms with E-state index in [0.29, 0.717) is 6.04 Å². The maximum atomic E-state index is 11.8. The van der Waals surface area contributed by atoms with Crippen molar-refractivity contribution >= 4 is 5.91 Å². The largest absolute Gasteiger partial charge is 0.325 e. The van der Waals surface area contributed by atoms with Crippen LogP contribution < -0.4 is 5.32 Å². The maximum absolute atomic E-state index is 11.8. The predicted octanol–water partition coefficient (Wildman–Crippen LogP) is 0.248. The third-order valence-electron chi connectivity index (χ3n) is 3.47.